The summed E-state index contributed by atoms with van der Waals surface area (Å²) in [6.45, 7) is 4.27. The number of nitrogens with zero attached hydrogens (tertiary/aromatic N) is 2. The maximum absolute atomic E-state index is 6.91. The smallest absolute Gasteiger partial charge is 0.209 e. The fourth-order valence-corrected chi connectivity index (χ4v) is 7.95. The second-order valence-corrected chi connectivity index (χ2v) is 13.4. The molecule has 1 N–H and O–H groups in total. The van der Waals surface area contributed by atoms with E-state index in [-0.39, 0.29) is 6.04 Å². The molecule has 4 aromatic rings. The van der Waals surface area contributed by atoms with Gasteiger partial charge in [-0.2, -0.15) is 0 Å². The summed E-state index contributed by atoms with van der Waals surface area (Å²) in [5.41, 5.74) is 12.0. The van der Waals surface area contributed by atoms with E-state index in [0.29, 0.717) is 5.92 Å². The first-order valence-electron chi connectivity index (χ1n) is 17.5. The van der Waals surface area contributed by atoms with Gasteiger partial charge in [0, 0.05) is 39.2 Å². The minimum Gasteiger partial charge on any atom is -0.459 e. The lowest BCUT2D eigenvalue weighted by molar-refractivity contribution is 0.356. The van der Waals surface area contributed by atoms with Gasteiger partial charge in [0.15, 0.2) is 0 Å². The first-order valence-corrected chi connectivity index (χ1v) is 17.5. The summed E-state index contributed by atoms with van der Waals surface area (Å²) in [6.07, 6.45) is 32.7. The van der Waals surface area contributed by atoms with Crippen molar-refractivity contribution in [2.75, 3.05) is 0 Å². The molecule has 9 rings (SSSR count). The number of allylic oxidation sites excluding steroid dienone is 13. The molecule has 50 heavy (non-hydrogen) atoms. The molecule has 3 aliphatic carbocycles. The minimum absolute atomic E-state index is 0.0244. The van der Waals surface area contributed by atoms with Gasteiger partial charge in [-0.15, -0.1) is 6.42 Å². The molecule has 0 fully saturated rings. The van der Waals surface area contributed by atoms with Crippen LogP contribution in [0.4, 0.5) is 0 Å². The van der Waals surface area contributed by atoms with Crippen LogP contribution in [0, 0.1) is 18.3 Å². The summed E-state index contributed by atoms with van der Waals surface area (Å²) < 4.78 is 9.17. The molecule has 3 heterocycles. The largest absolute Gasteiger partial charge is 0.459 e. The predicted octanol–water partition coefficient (Wildman–Crippen LogP) is 10.4. The van der Waals surface area contributed by atoms with Crippen LogP contribution >= 0.6 is 0 Å². The SMILES string of the molecule is C#CC1=C(c2ccc(C3=C4C=CC=CC4NC(n4c5ccccc5c5c6c(ccc54)C=CC4=C(O6)C(C)CC=C4)=N3)cc2)CCC=C1/C=C\C. The second-order valence-electron chi connectivity index (χ2n) is 13.4. The molecule has 0 radical (unpaired) electrons. The van der Waals surface area contributed by atoms with Crippen molar-refractivity contribution >= 4 is 45.1 Å². The highest BCUT2D eigenvalue weighted by atomic mass is 16.5. The number of aromatic nitrogens is 1. The number of hydrogen-bond donors (Lipinski definition) is 1. The summed E-state index contributed by atoms with van der Waals surface area (Å²) in [5.74, 6) is 6.00. The summed E-state index contributed by atoms with van der Waals surface area (Å²) in [5, 5.41) is 6.01. The Morgan fingerprint density at radius 1 is 0.960 bits per heavy atom. The van der Waals surface area contributed by atoms with Crippen molar-refractivity contribution in [3.63, 3.8) is 0 Å². The third-order valence-electron chi connectivity index (χ3n) is 10.4. The molecule has 0 bridgehead atoms. The van der Waals surface area contributed by atoms with Crippen molar-refractivity contribution in [3.8, 4) is 18.1 Å². The molecule has 0 amide bonds. The number of aliphatic imine (C=N–C) groups is 1. The zero-order chi connectivity index (χ0) is 33.8. The van der Waals surface area contributed by atoms with Gasteiger partial charge < -0.3 is 10.1 Å². The molecule has 4 heteroatoms. The number of para-hydroxylation sites is 1. The third-order valence-corrected chi connectivity index (χ3v) is 10.4. The minimum atomic E-state index is -0.0244. The molecular weight excluding hydrogens is 611 g/mol. The number of benzene rings is 3. The molecule has 2 aliphatic heterocycles. The second kappa shape index (κ2) is 12.1. The van der Waals surface area contributed by atoms with Gasteiger partial charge in [0.2, 0.25) is 5.96 Å². The van der Waals surface area contributed by atoms with E-state index in [0.717, 1.165) is 103 Å². The van der Waals surface area contributed by atoms with E-state index in [4.69, 9.17) is 16.2 Å². The van der Waals surface area contributed by atoms with Gasteiger partial charge in [0.25, 0.3) is 0 Å². The molecule has 0 spiro atoms. The van der Waals surface area contributed by atoms with Crippen LogP contribution in [0.2, 0.25) is 0 Å². The van der Waals surface area contributed by atoms with Crippen LogP contribution in [0.1, 0.15) is 49.8 Å². The Hall–Kier alpha value is -6.05. The van der Waals surface area contributed by atoms with Crippen LogP contribution in [0.5, 0.6) is 5.75 Å². The first-order chi connectivity index (χ1) is 24.6. The molecule has 0 saturated heterocycles. The van der Waals surface area contributed by atoms with Crippen LogP contribution < -0.4 is 10.1 Å². The highest BCUT2D eigenvalue weighted by molar-refractivity contribution is 6.18. The molecule has 0 saturated carbocycles. The maximum atomic E-state index is 6.91. The van der Waals surface area contributed by atoms with E-state index in [1.807, 2.05) is 6.92 Å². The third kappa shape index (κ3) is 4.81. The van der Waals surface area contributed by atoms with Crippen LogP contribution in [0.25, 0.3) is 39.2 Å². The zero-order valence-electron chi connectivity index (χ0n) is 28.3. The Morgan fingerprint density at radius 2 is 1.82 bits per heavy atom. The Balaban J connectivity index is 1.19. The Labute approximate surface area is 293 Å². The van der Waals surface area contributed by atoms with Crippen molar-refractivity contribution in [3.05, 3.63) is 166 Å². The lowest BCUT2D eigenvalue weighted by atomic mass is 9.86. The van der Waals surface area contributed by atoms with Crippen molar-refractivity contribution in [2.45, 2.75) is 39.2 Å². The van der Waals surface area contributed by atoms with E-state index >= 15 is 0 Å². The molecule has 3 aromatic carbocycles. The summed E-state index contributed by atoms with van der Waals surface area (Å²) in [7, 11) is 0. The Morgan fingerprint density at radius 3 is 2.68 bits per heavy atom. The monoisotopic (exact) mass is 647 g/mol. The standard InChI is InChI=1S/C46H37N3O/c1-4-12-30-14-11-18-36(35(30)5-2)31-21-23-32(24-22-31)43-37-16-6-8-19-39(37)47-46(48-43)49-40-20-9-7-17-38(40)42-41(49)28-27-34-26-25-33-15-10-13-29(3)44(33)50-45(34)42/h2,4,6-10,12,14-17,19-29,39H,11,13,18H2,1,3H3,(H,47,48)/b12-4-. The average molecular weight is 648 g/mol. The summed E-state index contributed by atoms with van der Waals surface area (Å²) in [4.78, 5) is 5.42. The number of hydrogen-bond acceptors (Lipinski definition) is 3. The molecule has 1 aromatic heterocycles. The highest BCUT2D eigenvalue weighted by Gasteiger charge is 2.29. The van der Waals surface area contributed by atoms with Crippen LogP contribution in [-0.4, -0.2) is 16.6 Å². The summed E-state index contributed by atoms with van der Waals surface area (Å²) in [6, 6.07) is 21.7. The average Bonchev–Trinajstić information content (AvgIpc) is 3.37. The van der Waals surface area contributed by atoms with Crippen molar-refractivity contribution in [1.29, 1.82) is 0 Å². The number of rotatable bonds is 3. The molecule has 5 aliphatic rings. The van der Waals surface area contributed by atoms with E-state index in [2.05, 4.69) is 150 Å². The normalized spacial score (nSPS) is 21.1. The maximum Gasteiger partial charge on any atom is 0.209 e. The number of nitrogens with one attached hydrogen (secondary N) is 1. The first kappa shape index (κ1) is 30.0. The number of terminal acetylenes is 1. The highest BCUT2D eigenvalue weighted by Crippen LogP contribution is 2.44. The van der Waals surface area contributed by atoms with E-state index < -0.39 is 0 Å². The van der Waals surface area contributed by atoms with Gasteiger partial charge in [-0.3, -0.25) is 4.57 Å². The molecule has 2 unspecified atom stereocenters. The van der Waals surface area contributed by atoms with Gasteiger partial charge in [-0.25, -0.2) is 4.99 Å². The van der Waals surface area contributed by atoms with Gasteiger partial charge in [0.05, 0.1) is 28.2 Å². The van der Waals surface area contributed by atoms with Gasteiger partial charge >= 0.3 is 0 Å². The van der Waals surface area contributed by atoms with Crippen LogP contribution in [-0.2, 0) is 0 Å². The Kier molecular flexibility index (Phi) is 7.29. The predicted molar refractivity (Wildman–Crippen MR) is 208 cm³/mol. The Bertz CT molecular complexity index is 2470. The van der Waals surface area contributed by atoms with Crippen LogP contribution in [0.15, 0.2) is 154 Å². The van der Waals surface area contributed by atoms with Crippen molar-refractivity contribution in [2.24, 2.45) is 10.9 Å². The van der Waals surface area contributed by atoms with Crippen molar-refractivity contribution in [1.82, 2.24) is 9.88 Å². The van der Waals surface area contributed by atoms with Gasteiger partial charge in [-0.05, 0) is 61.1 Å². The fourth-order valence-electron chi connectivity index (χ4n) is 7.95. The molecular formula is C46H37N3O. The van der Waals surface area contributed by atoms with Gasteiger partial charge in [-0.1, -0.05) is 122 Å². The summed E-state index contributed by atoms with van der Waals surface area (Å²) >= 11 is 0. The lowest BCUT2D eigenvalue weighted by Crippen LogP contribution is -2.42. The van der Waals surface area contributed by atoms with E-state index in [1.54, 1.807) is 0 Å². The van der Waals surface area contributed by atoms with Crippen molar-refractivity contribution < 1.29 is 4.74 Å². The topological polar surface area (TPSA) is 38.5 Å². The van der Waals surface area contributed by atoms with E-state index in [1.165, 1.54) is 5.57 Å². The quantitative estimate of drug-likeness (QED) is 0.225. The van der Waals surface area contributed by atoms with Crippen LogP contribution in [0.3, 0.4) is 0 Å². The number of fused-ring (bicyclic) bond motifs is 6. The van der Waals surface area contributed by atoms with Gasteiger partial charge in [0.1, 0.15) is 11.5 Å². The lowest BCUT2D eigenvalue weighted by Gasteiger charge is -2.29. The molecule has 4 nitrogen and oxygen atoms in total. The molecule has 2 atom stereocenters. The van der Waals surface area contributed by atoms with E-state index in [9.17, 15) is 0 Å². The zero-order valence-corrected chi connectivity index (χ0v) is 28.3. The number of ether oxygens (including phenoxy) is 1. The molecule has 242 valence electrons. The fraction of sp³-hybridized carbons (Fsp3) is 0.152.